The fraction of sp³-hybridized carbons (Fsp3) is 0.714. The Morgan fingerprint density at radius 2 is 1.00 bits per heavy atom. The maximum atomic E-state index is 10.2. The van der Waals surface area contributed by atoms with Crippen LogP contribution in [0.3, 0.4) is 0 Å². The van der Waals surface area contributed by atoms with Gasteiger partial charge in [-0.05, 0) is 18.8 Å². The summed E-state index contributed by atoms with van der Waals surface area (Å²) < 4.78 is 0. The molecule has 0 bridgehead atoms. The molecule has 0 heterocycles. The van der Waals surface area contributed by atoms with Gasteiger partial charge in [0.2, 0.25) is 5.91 Å². The highest BCUT2D eigenvalue weighted by Crippen LogP contribution is 2.04. The van der Waals surface area contributed by atoms with Crippen molar-refractivity contribution in [1.82, 2.24) is 0 Å². The molecule has 18 N–H and O–H groups in total. The minimum absolute atomic E-state index is 0.0208. The highest BCUT2D eigenvalue weighted by atomic mass is 16.4. The zero-order chi connectivity index (χ0) is 32.6. The van der Waals surface area contributed by atoms with Crippen LogP contribution in [0.5, 0.6) is 0 Å². The lowest BCUT2D eigenvalue weighted by Crippen LogP contribution is -2.39. The van der Waals surface area contributed by atoms with E-state index in [2.05, 4.69) is 11.5 Å². The SMILES string of the molecule is CC(C)[C@H](N)C(=O)O.CC[C@H](C)[C@H](N)C(=O)O.C[C@@H](O)[C@H](N)C(=O)O.NC(=O)C[C@H](N)C(=O)O.NCC(=O)O. The number of rotatable bonds is 11. The Morgan fingerprint density at radius 3 is 1.05 bits per heavy atom. The van der Waals surface area contributed by atoms with E-state index in [1.165, 1.54) is 6.92 Å². The van der Waals surface area contributed by atoms with Crippen LogP contribution in [0.15, 0.2) is 0 Å². The van der Waals surface area contributed by atoms with Gasteiger partial charge in [-0.25, -0.2) is 0 Å². The van der Waals surface area contributed by atoms with E-state index in [1.54, 1.807) is 13.8 Å². The van der Waals surface area contributed by atoms with Crippen LogP contribution >= 0.6 is 0 Å². The predicted octanol–water partition coefficient (Wildman–Crippen LogP) is -3.42. The van der Waals surface area contributed by atoms with Gasteiger partial charge in [-0.3, -0.25) is 28.8 Å². The van der Waals surface area contributed by atoms with Crippen molar-refractivity contribution in [2.24, 2.45) is 46.2 Å². The fourth-order valence-corrected chi connectivity index (χ4v) is 1.29. The summed E-state index contributed by atoms with van der Waals surface area (Å²) >= 11 is 0. The van der Waals surface area contributed by atoms with Gasteiger partial charge < -0.3 is 65.0 Å². The van der Waals surface area contributed by atoms with Crippen molar-refractivity contribution in [1.29, 1.82) is 0 Å². The van der Waals surface area contributed by atoms with Gasteiger partial charge in [-0.1, -0.05) is 34.1 Å². The third kappa shape index (κ3) is 34.6. The van der Waals surface area contributed by atoms with Crippen LogP contribution in [-0.4, -0.2) is 103 Å². The van der Waals surface area contributed by atoms with Crippen LogP contribution in [-0.2, 0) is 28.8 Å². The number of aliphatic hydroxyl groups is 1. The molecular weight excluding hydrogens is 528 g/mol. The normalized spacial score (nSPS) is 14.2. The van der Waals surface area contributed by atoms with Crippen molar-refractivity contribution in [3.05, 3.63) is 0 Å². The Hall–Kier alpha value is -3.42. The zero-order valence-corrected chi connectivity index (χ0v) is 22.8. The quantitative estimate of drug-likeness (QED) is 0.114. The van der Waals surface area contributed by atoms with Crippen LogP contribution in [0.25, 0.3) is 0 Å². The maximum Gasteiger partial charge on any atom is 0.323 e. The molecule has 6 atom stereocenters. The molecule has 0 saturated heterocycles. The predicted molar refractivity (Wildman–Crippen MR) is 139 cm³/mol. The number of carboxylic acid groups (broad SMARTS) is 5. The Kier molecular flexibility index (Phi) is 30.6. The first-order valence-corrected chi connectivity index (χ1v) is 11.3. The minimum atomic E-state index is -1.21. The van der Waals surface area contributed by atoms with Crippen LogP contribution in [0.4, 0.5) is 0 Å². The third-order valence-electron chi connectivity index (χ3n) is 4.26. The molecule has 0 aliphatic heterocycles. The minimum Gasteiger partial charge on any atom is -0.480 e. The lowest BCUT2D eigenvalue weighted by molar-refractivity contribution is -0.141. The summed E-state index contributed by atoms with van der Waals surface area (Å²) in [7, 11) is 0. The second kappa shape index (κ2) is 26.2. The number of nitrogens with two attached hydrogens (primary N) is 6. The summed E-state index contributed by atoms with van der Waals surface area (Å²) in [6.45, 7) is 8.36. The van der Waals surface area contributed by atoms with Gasteiger partial charge in [0.15, 0.2) is 0 Å². The molecule has 232 valence electrons. The number of amides is 1. The first-order chi connectivity index (χ1) is 17.5. The molecule has 18 nitrogen and oxygen atoms in total. The van der Waals surface area contributed by atoms with Gasteiger partial charge in [0, 0.05) is 0 Å². The standard InChI is InChI=1S/C6H13NO2.C5H11NO2.C4H8N2O3.C4H9NO3.C2H5NO2/c1-3-4(2)5(7)6(8)9;1-3(2)4(6)5(7)8;5-2(4(8)9)1-3(6)7;1-2(6)3(5)4(7)8;3-1-2(4)5/h4-5H,3,7H2,1-2H3,(H,8,9);3-4H,6H2,1-2H3,(H,7,8);2H,1,5H2,(H2,6,7)(H,8,9);2-3,6H,5H2,1H3,(H,7,8);1,3H2,(H,4,5)/t4-,5-;4-;2-;2-,3+;/m0001./s1. The summed E-state index contributed by atoms with van der Waals surface area (Å²) in [6.07, 6.45) is -0.476. The van der Waals surface area contributed by atoms with Gasteiger partial charge in [-0.15, -0.1) is 0 Å². The van der Waals surface area contributed by atoms with E-state index in [-0.39, 0.29) is 24.8 Å². The van der Waals surface area contributed by atoms with E-state index in [9.17, 15) is 28.8 Å². The second-order valence-electron chi connectivity index (χ2n) is 8.18. The van der Waals surface area contributed by atoms with Gasteiger partial charge in [0.25, 0.3) is 0 Å². The van der Waals surface area contributed by atoms with E-state index >= 15 is 0 Å². The van der Waals surface area contributed by atoms with Crippen LogP contribution < -0.4 is 34.4 Å². The van der Waals surface area contributed by atoms with E-state index in [0.717, 1.165) is 6.42 Å². The molecule has 0 aromatic carbocycles. The maximum absolute atomic E-state index is 10.2. The Labute approximate surface area is 226 Å². The Morgan fingerprint density at radius 1 is 0.667 bits per heavy atom. The zero-order valence-electron chi connectivity index (χ0n) is 22.8. The molecule has 0 unspecified atom stereocenters. The molecule has 0 radical (unpaired) electrons. The summed E-state index contributed by atoms with van der Waals surface area (Å²) in [5.41, 5.74) is 29.5. The van der Waals surface area contributed by atoms with Crippen LogP contribution in [0.2, 0.25) is 0 Å². The number of hydrogen-bond donors (Lipinski definition) is 12. The highest BCUT2D eigenvalue weighted by Gasteiger charge is 2.17. The Balaban J connectivity index is -0.000000125. The van der Waals surface area contributed by atoms with Crippen molar-refractivity contribution in [3.63, 3.8) is 0 Å². The summed E-state index contributed by atoms with van der Waals surface area (Å²) in [6, 6.07) is -3.73. The van der Waals surface area contributed by atoms with Crippen molar-refractivity contribution >= 4 is 35.8 Å². The number of aliphatic carboxylic acids is 5. The van der Waals surface area contributed by atoms with Gasteiger partial charge in [-0.2, -0.15) is 0 Å². The van der Waals surface area contributed by atoms with E-state index < -0.39 is 66.0 Å². The smallest absolute Gasteiger partial charge is 0.323 e. The number of aliphatic hydroxyl groups excluding tert-OH is 1. The van der Waals surface area contributed by atoms with Gasteiger partial charge >= 0.3 is 29.8 Å². The van der Waals surface area contributed by atoms with Gasteiger partial charge in [0.1, 0.15) is 24.2 Å². The third-order valence-corrected chi connectivity index (χ3v) is 4.26. The van der Waals surface area contributed by atoms with Crippen LogP contribution in [0, 0.1) is 11.8 Å². The van der Waals surface area contributed by atoms with Gasteiger partial charge in [0.05, 0.1) is 19.1 Å². The lowest BCUT2D eigenvalue weighted by atomic mass is 10.0. The van der Waals surface area contributed by atoms with Crippen LogP contribution in [0.1, 0.15) is 47.5 Å². The summed E-state index contributed by atoms with van der Waals surface area (Å²) in [4.78, 5) is 59.2. The van der Waals surface area contributed by atoms with E-state index in [0.29, 0.717) is 0 Å². The topological polar surface area (TPSA) is 380 Å². The van der Waals surface area contributed by atoms with Crippen molar-refractivity contribution < 1.29 is 59.4 Å². The molecule has 0 aromatic rings. The lowest BCUT2D eigenvalue weighted by Gasteiger charge is -2.11. The monoisotopic (exact) mass is 574 g/mol. The summed E-state index contributed by atoms with van der Waals surface area (Å²) in [5, 5.41) is 48.8. The molecule has 0 aliphatic carbocycles. The molecule has 0 aliphatic rings. The average molecular weight is 575 g/mol. The molecule has 39 heavy (non-hydrogen) atoms. The number of carboxylic acids is 5. The van der Waals surface area contributed by atoms with Crippen molar-refractivity contribution in [2.75, 3.05) is 6.54 Å². The molecule has 0 saturated carbocycles. The fourth-order valence-electron chi connectivity index (χ4n) is 1.29. The number of carbonyl (C=O) groups excluding carboxylic acids is 1. The highest BCUT2D eigenvalue weighted by molar-refractivity contribution is 5.83. The average Bonchev–Trinajstić information content (AvgIpc) is 2.82. The number of primary amides is 1. The molecule has 0 fully saturated rings. The molecule has 0 aromatic heterocycles. The molecule has 0 rings (SSSR count). The van der Waals surface area contributed by atoms with Crippen molar-refractivity contribution in [2.45, 2.75) is 77.7 Å². The second-order valence-corrected chi connectivity index (χ2v) is 8.18. The van der Waals surface area contributed by atoms with Crippen molar-refractivity contribution in [3.8, 4) is 0 Å². The van der Waals surface area contributed by atoms with E-state index in [1.807, 2.05) is 13.8 Å². The van der Waals surface area contributed by atoms with E-state index in [4.69, 9.17) is 53.6 Å². The first kappa shape index (κ1) is 45.5. The number of hydrogen-bond acceptors (Lipinski definition) is 12. The largest absolute Gasteiger partial charge is 0.480 e. The molecule has 18 heteroatoms. The number of carbonyl (C=O) groups is 6. The Bertz CT molecular complexity index is 712. The molecule has 1 amide bonds. The molecular formula is C21H46N6O12. The molecule has 0 spiro atoms. The summed E-state index contributed by atoms with van der Waals surface area (Å²) in [5.74, 6) is -5.82. The first-order valence-electron chi connectivity index (χ1n) is 11.3.